The molecule has 0 spiro atoms. The Balaban J connectivity index is 3.95. The maximum atomic E-state index is 3.56. The molecule has 0 radical (unpaired) electrons. The summed E-state index contributed by atoms with van der Waals surface area (Å²) in [6, 6.07) is 0.637. The van der Waals surface area contributed by atoms with Crippen LogP contribution in [0.3, 0.4) is 0 Å². The molecular weight excluding hydrogens is 222 g/mol. The fraction of sp³-hybridized carbons (Fsp3) is 1.00. The summed E-state index contributed by atoms with van der Waals surface area (Å²) < 4.78 is 0. The monoisotopic (exact) mass is 257 g/mol. The van der Waals surface area contributed by atoms with Gasteiger partial charge in [0.25, 0.3) is 0 Å². The molecule has 18 heavy (non-hydrogen) atoms. The normalized spacial score (nSPS) is 15.7. The minimum Gasteiger partial charge on any atom is -0.316 e. The molecule has 0 aromatic rings. The molecule has 0 heterocycles. The van der Waals surface area contributed by atoms with Gasteiger partial charge in [0.1, 0.15) is 0 Å². The van der Waals surface area contributed by atoms with Crippen molar-refractivity contribution in [2.24, 2.45) is 11.8 Å². The highest BCUT2D eigenvalue weighted by atomic mass is 15.2. The first-order valence-corrected chi connectivity index (χ1v) is 7.46. The minimum atomic E-state index is 0.637. The van der Waals surface area contributed by atoms with Crippen molar-refractivity contribution in [3.63, 3.8) is 0 Å². The Kier molecular flexibility index (Phi) is 9.70. The average molecular weight is 257 g/mol. The molecule has 2 atom stereocenters. The predicted molar refractivity (Wildman–Crippen MR) is 82.1 cm³/mol. The van der Waals surface area contributed by atoms with E-state index in [-0.39, 0.29) is 0 Å². The molecule has 3 nitrogen and oxygen atoms in total. The Bertz CT molecular complexity index is 192. The first-order chi connectivity index (χ1) is 8.36. The van der Waals surface area contributed by atoms with Crippen LogP contribution in [0.4, 0.5) is 0 Å². The van der Waals surface area contributed by atoms with Crippen molar-refractivity contribution < 1.29 is 0 Å². The van der Waals surface area contributed by atoms with E-state index in [4.69, 9.17) is 0 Å². The lowest BCUT2D eigenvalue weighted by Crippen LogP contribution is -2.43. The van der Waals surface area contributed by atoms with E-state index < -0.39 is 0 Å². The van der Waals surface area contributed by atoms with E-state index in [1.165, 1.54) is 6.54 Å². The summed E-state index contributed by atoms with van der Waals surface area (Å²) >= 11 is 0. The van der Waals surface area contributed by atoms with E-state index >= 15 is 0 Å². The van der Waals surface area contributed by atoms with Crippen molar-refractivity contribution in [3.05, 3.63) is 0 Å². The molecule has 0 rings (SSSR count). The molecule has 0 saturated heterocycles. The fourth-order valence-electron chi connectivity index (χ4n) is 2.35. The molecule has 0 aromatic heterocycles. The molecule has 0 aromatic carbocycles. The third-order valence-corrected chi connectivity index (χ3v) is 3.25. The highest BCUT2D eigenvalue weighted by molar-refractivity contribution is 4.72. The average Bonchev–Trinajstić information content (AvgIpc) is 2.24. The van der Waals surface area contributed by atoms with Crippen LogP contribution < -0.4 is 5.32 Å². The van der Waals surface area contributed by atoms with Gasteiger partial charge in [0.2, 0.25) is 0 Å². The van der Waals surface area contributed by atoms with E-state index in [0.717, 1.165) is 32.1 Å². The van der Waals surface area contributed by atoms with Gasteiger partial charge in [0, 0.05) is 19.1 Å². The van der Waals surface area contributed by atoms with Crippen LogP contribution in [0.15, 0.2) is 0 Å². The SMILES string of the molecule is CCN(CC(C)CNCC(C)C)C(C)CN(C)C. The molecule has 0 aliphatic heterocycles. The van der Waals surface area contributed by atoms with Crippen LogP contribution in [0.25, 0.3) is 0 Å². The summed E-state index contributed by atoms with van der Waals surface area (Å²) in [6.07, 6.45) is 0. The van der Waals surface area contributed by atoms with Crippen molar-refractivity contribution >= 4 is 0 Å². The third kappa shape index (κ3) is 8.90. The van der Waals surface area contributed by atoms with Gasteiger partial charge >= 0.3 is 0 Å². The quantitative estimate of drug-likeness (QED) is 0.647. The Morgan fingerprint density at radius 3 is 2.00 bits per heavy atom. The topological polar surface area (TPSA) is 18.5 Å². The van der Waals surface area contributed by atoms with E-state index in [2.05, 4.69) is 63.8 Å². The molecule has 0 aliphatic rings. The number of rotatable bonds is 10. The van der Waals surface area contributed by atoms with Gasteiger partial charge in [-0.2, -0.15) is 0 Å². The van der Waals surface area contributed by atoms with Crippen molar-refractivity contribution in [1.82, 2.24) is 15.1 Å². The third-order valence-electron chi connectivity index (χ3n) is 3.25. The van der Waals surface area contributed by atoms with Crippen molar-refractivity contribution in [2.75, 3.05) is 46.8 Å². The summed E-state index contributed by atoms with van der Waals surface area (Å²) in [7, 11) is 4.30. The molecule has 110 valence electrons. The highest BCUT2D eigenvalue weighted by Gasteiger charge is 2.15. The van der Waals surface area contributed by atoms with Crippen molar-refractivity contribution in [1.29, 1.82) is 0 Å². The Morgan fingerprint density at radius 2 is 1.56 bits per heavy atom. The van der Waals surface area contributed by atoms with Crippen LogP contribution in [0.1, 0.15) is 34.6 Å². The lowest BCUT2D eigenvalue weighted by atomic mass is 10.1. The molecule has 0 aliphatic carbocycles. The smallest absolute Gasteiger partial charge is 0.0194 e. The number of hydrogen-bond donors (Lipinski definition) is 1. The van der Waals surface area contributed by atoms with E-state index in [1.807, 2.05) is 0 Å². The van der Waals surface area contributed by atoms with E-state index in [0.29, 0.717) is 12.0 Å². The second-order valence-electron chi connectivity index (χ2n) is 6.36. The molecule has 3 heteroatoms. The van der Waals surface area contributed by atoms with Crippen LogP contribution in [0, 0.1) is 11.8 Å². The molecule has 0 saturated carbocycles. The zero-order chi connectivity index (χ0) is 14.1. The van der Waals surface area contributed by atoms with Crippen molar-refractivity contribution in [3.8, 4) is 0 Å². The molecule has 0 fully saturated rings. The van der Waals surface area contributed by atoms with Gasteiger partial charge in [-0.15, -0.1) is 0 Å². The predicted octanol–water partition coefficient (Wildman–Crippen LogP) is 2.14. The lowest BCUT2D eigenvalue weighted by molar-refractivity contribution is 0.159. The number of hydrogen-bond acceptors (Lipinski definition) is 3. The largest absolute Gasteiger partial charge is 0.316 e. The second-order valence-corrected chi connectivity index (χ2v) is 6.36. The van der Waals surface area contributed by atoms with Gasteiger partial charge in [-0.3, -0.25) is 4.90 Å². The first-order valence-electron chi connectivity index (χ1n) is 7.46. The summed E-state index contributed by atoms with van der Waals surface area (Å²) in [5.41, 5.74) is 0. The summed E-state index contributed by atoms with van der Waals surface area (Å²) in [6.45, 7) is 17.2. The lowest BCUT2D eigenvalue weighted by Gasteiger charge is -2.32. The van der Waals surface area contributed by atoms with Gasteiger partial charge in [-0.05, 0) is 52.5 Å². The highest BCUT2D eigenvalue weighted by Crippen LogP contribution is 2.05. The standard InChI is InChI=1S/C15H35N3/c1-8-18(15(5)12-17(6)7)11-14(4)10-16-9-13(2)3/h13-16H,8-12H2,1-7H3. The van der Waals surface area contributed by atoms with Gasteiger partial charge in [0.05, 0.1) is 0 Å². The molecule has 0 bridgehead atoms. The first kappa shape index (κ1) is 17.9. The second kappa shape index (κ2) is 9.76. The van der Waals surface area contributed by atoms with Gasteiger partial charge in [-0.1, -0.05) is 27.7 Å². The Labute approximate surface area is 115 Å². The van der Waals surface area contributed by atoms with Gasteiger partial charge in [-0.25, -0.2) is 0 Å². The Morgan fingerprint density at radius 1 is 0.944 bits per heavy atom. The zero-order valence-corrected chi connectivity index (χ0v) is 13.7. The van der Waals surface area contributed by atoms with E-state index in [9.17, 15) is 0 Å². The molecule has 2 unspecified atom stereocenters. The number of likely N-dealkylation sites (N-methyl/N-ethyl adjacent to an activating group) is 2. The van der Waals surface area contributed by atoms with E-state index in [1.54, 1.807) is 0 Å². The summed E-state index contributed by atoms with van der Waals surface area (Å²) in [5.74, 6) is 1.46. The minimum absolute atomic E-state index is 0.637. The molecular formula is C15H35N3. The molecule has 1 N–H and O–H groups in total. The van der Waals surface area contributed by atoms with Crippen LogP contribution >= 0.6 is 0 Å². The summed E-state index contributed by atoms with van der Waals surface area (Å²) in [5, 5.41) is 3.56. The maximum Gasteiger partial charge on any atom is 0.0194 e. The zero-order valence-electron chi connectivity index (χ0n) is 13.7. The fourth-order valence-corrected chi connectivity index (χ4v) is 2.35. The van der Waals surface area contributed by atoms with Crippen LogP contribution in [0.5, 0.6) is 0 Å². The van der Waals surface area contributed by atoms with Crippen molar-refractivity contribution in [2.45, 2.75) is 40.7 Å². The van der Waals surface area contributed by atoms with Crippen LogP contribution in [-0.4, -0.2) is 62.7 Å². The molecule has 0 amide bonds. The van der Waals surface area contributed by atoms with Gasteiger partial charge < -0.3 is 10.2 Å². The van der Waals surface area contributed by atoms with Gasteiger partial charge in [0.15, 0.2) is 0 Å². The van der Waals surface area contributed by atoms with Crippen LogP contribution in [-0.2, 0) is 0 Å². The number of nitrogens with one attached hydrogen (secondary N) is 1. The Hall–Kier alpha value is -0.120. The maximum absolute atomic E-state index is 3.56. The summed E-state index contributed by atoms with van der Waals surface area (Å²) in [4.78, 5) is 4.86. The number of nitrogens with zero attached hydrogens (tertiary/aromatic N) is 2. The van der Waals surface area contributed by atoms with Crippen LogP contribution in [0.2, 0.25) is 0 Å².